The molecule has 19 heavy (non-hydrogen) atoms. The van der Waals surface area contributed by atoms with E-state index in [1.807, 2.05) is 12.1 Å². The highest BCUT2D eigenvalue weighted by atomic mass is 16.5. The van der Waals surface area contributed by atoms with Gasteiger partial charge in [0.05, 0.1) is 7.11 Å². The third kappa shape index (κ3) is 2.27. The van der Waals surface area contributed by atoms with E-state index < -0.39 is 5.60 Å². The number of hydrogen-bond donors (Lipinski definition) is 1. The molecule has 3 atom stereocenters. The van der Waals surface area contributed by atoms with Crippen molar-refractivity contribution in [3.05, 3.63) is 29.3 Å². The summed E-state index contributed by atoms with van der Waals surface area (Å²) in [6, 6.07) is 5.59. The van der Waals surface area contributed by atoms with Crippen LogP contribution in [0, 0.1) is 5.92 Å². The highest BCUT2D eigenvalue weighted by molar-refractivity contribution is 5.91. The van der Waals surface area contributed by atoms with Crippen LogP contribution >= 0.6 is 0 Å². The quantitative estimate of drug-likeness (QED) is 0.910. The number of fused-ring (bicyclic) bond motifs is 1. The van der Waals surface area contributed by atoms with Crippen molar-refractivity contribution in [3.63, 3.8) is 0 Å². The van der Waals surface area contributed by atoms with Crippen LogP contribution in [0.1, 0.15) is 50.7 Å². The van der Waals surface area contributed by atoms with E-state index in [1.54, 1.807) is 20.1 Å². The van der Waals surface area contributed by atoms with E-state index in [-0.39, 0.29) is 11.7 Å². The van der Waals surface area contributed by atoms with Gasteiger partial charge in [-0.05, 0) is 42.0 Å². The summed E-state index contributed by atoms with van der Waals surface area (Å²) in [6.45, 7) is 5.87. The van der Waals surface area contributed by atoms with Gasteiger partial charge in [0.25, 0.3) is 0 Å². The lowest BCUT2D eigenvalue weighted by molar-refractivity contribution is -0.138. The normalized spacial score (nSPS) is 27.8. The smallest absolute Gasteiger partial charge is 0.169 e. The zero-order valence-corrected chi connectivity index (χ0v) is 12.1. The first-order chi connectivity index (χ1) is 8.91. The number of carbonyl (C=O) groups is 1. The molecule has 0 heterocycles. The Labute approximate surface area is 114 Å². The highest BCUT2D eigenvalue weighted by Gasteiger charge is 2.42. The molecule has 1 N–H and O–H groups in total. The van der Waals surface area contributed by atoms with Crippen molar-refractivity contribution < 1.29 is 14.6 Å². The fraction of sp³-hybridized carbons (Fsp3) is 0.562. The largest absolute Gasteiger partial charge is 0.497 e. The third-order valence-electron chi connectivity index (χ3n) is 4.46. The van der Waals surface area contributed by atoms with E-state index in [4.69, 9.17) is 4.74 Å². The van der Waals surface area contributed by atoms with Crippen molar-refractivity contribution >= 4 is 5.78 Å². The van der Waals surface area contributed by atoms with E-state index in [0.717, 1.165) is 23.3 Å². The molecule has 1 aromatic rings. The molecule has 0 bridgehead atoms. The number of aliphatic hydroxyl groups is 1. The van der Waals surface area contributed by atoms with Gasteiger partial charge < -0.3 is 9.84 Å². The van der Waals surface area contributed by atoms with Crippen LogP contribution in [-0.4, -0.2) is 18.0 Å². The molecule has 0 saturated heterocycles. The van der Waals surface area contributed by atoms with Crippen LogP contribution in [0.25, 0.3) is 0 Å². The third-order valence-corrected chi connectivity index (χ3v) is 4.46. The molecule has 0 aromatic heterocycles. The number of hydrogen-bond acceptors (Lipinski definition) is 3. The van der Waals surface area contributed by atoms with Crippen LogP contribution in [0.2, 0.25) is 0 Å². The lowest BCUT2D eigenvalue weighted by atomic mass is 9.69. The van der Waals surface area contributed by atoms with Crippen molar-refractivity contribution in [2.75, 3.05) is 7.11 Å². The molecule has 0 spiro atoms. The summed E-state index contributed by atoms with van der Waals surface area (Å²) in [5, 5.41) is 10.4. The van der Waals surface area contributed by atoms with Crippen LogP contribution in [0.4, 0.5) is 0 Å². The molecule has 0 radical (unpaired) electrons. The van der Waals surface area contributed by atoms with Crippen molar-refractivity contribution in [2.24, 2.45) is 5.92 Å². The van der Waals surface area contributed by atoms with E-state index in [2.05, 4.69) is 13.8 Å². The predicted octanol–water partition coefficient (Wildman–Crippen LogP) is 3.01. The molecular formula is C16H22O3. The molecule has 1 aliphatic carbocycles. The Hall–Kier alpha value is -1.35. The summed E-state index contributed by atoms with van der Waals surface area (Å²) >= 11 is 0. The van der Waals surface area contributed by atoms with Crippen LogP contribution in [0.5, 0.6) is 5.75 Å². The molecule has 2 rings (SSSR count). The molecule has 1 aromatic carbocycles. The minimum atomic E-state index is -1.37. The highest BCUT2D eigenvalue weighted by Crippen LogP contribution is 2.44. The van der Waals surface area contributed by atoms with Gasteiger partial charge in [-0.2, -0.15) is 0 Å². The van der Waals surface area contributed by atoms with Crippen molar-refractivity contribution in [2.45, 2.75) is 45.1 Å². The fourth-order valence-electron chi connectivity index (χ4n) is 2.87. The molecular weight excluding hydrogens is 240 g/mol. The summed E-state index contributed by atoms with van der Waals surface area (Å²) < 4.78 is 5.27. The summed E-state index contributed by atoms with van der Waals surface area (Å²) in [6.07, 6.45) is 1.42. The Balaban J connectivity index is 2.57. The molecule has 0 aliphatic heterocycles. The van der Waals surface area contributed by atoms with Crippen LogP contribution in [0.15, 0.2) is 18.2 Å². The van der Waals surface area contributed by atoms with Crippen LogP contribution in [0.3, 0.4) is 0 Å². The summed E-state index contributed by atoms with van der Waals surface area (Å²) in [5.74, 6) is 1.27. The van der Waals surface area contributed by atoms with Crippen molar-refractivity contribution in [1.29, 1.82) is 0 Å². The van der Waals surface area contributed by atoms with E-state index in [1.165, 1.54) is 0 Å². The van der Waals surface area contributed by atoms with Gasteiger partial charge >= 0.3 is 0 Å². The minimum Gasteiger partial charge on any atom is -0.497 e. The first kappa shape index (κ1) is 14.1. The predicted molar refractivity (Wildman–Crippen MR) is 74.4 cm³/mol. The maximum atomic E-state index is 12.2. The van der Waals surface area contributed by atoms with Gasteiger partial charge in [-0.1, -0.05) is 26.3 Å². The van der Waals surface area contributed by atoms with Gasteiger partial charge in [0.15, 0.2) is 5.78 Å². The van der Waals surface area contributed by atoms with Crippen LogP contribution < -0.4 is 4.74 Å². The summed E-state index contributed by atoms with van der Waals surface area (Å²) in [7, 11) is 1.63. The standard InChI is InChI=1S/C16H22O3/c1-5-10(2)12-9-15(17)16(3,18)14-7-6-11(19-4)8-13(12)14/h6-8,10,12,18H,5,9H2,1-4H3. The number of ether oxygens (including phenoxy) is 1. The second-order valence-electron chi connectivity index (χ2n) is 5.64. The van der Waals surface area contributed by atoms with Gasteiger partial charge in [-0.15, -0.1) is 0 Å². The molecule has 0 saturated carbocycles. The Morgan fingerprint density at radius 3 is 2.79 bits per heavy atom. The average molecular weight is 262 g/mol. The first-order valence-electron chi connectivity index (χ1n) is 6.85. The molecule has 1 aliphatic rings. The van der Waals surface area contributed by atoms with Crippen molar-refractivity contribution in [3.8, 4) is 5.75 Å². The number of Topliss-reactive ketones (excluding diaryl/α,β-unsaturated/α-hetero) is 1. The van der Waals surface area contributed by atoms with Gasteiger partial charge in [0, 0.05) is 6.42 Å². The zero-order chi connectivity index (χ0) is 14.2. The van der Waals surface area contributed by atoms with Crippen LogP contribution in [-0.2, 0) is 10.4 Å². The molecule has 0 fully saturated rings. The second-order valence-corrected chi connectivity index (χ2v) is 5.64. The molecule has 0 amide bonds. The van der Waals surface area contributed by atoms with Crippen molar-refractivity contribution in [1.82, 2.24) is 0 Å². The Morgan fingerprint density at radius 2 is 2.21 bits per heavy atom. The summed E-state index contributed by atoms with van der Waals surface area (Å²) in [5.41, 5.74) is 0.416. The summed E-state index contributed by atoms with van der Waals surface area (Å²) in [4.78, 5) is 12.2. The fourth-order valence-corrected chi connectivity index (χ4v) is 2.87. The van der Waals surface area contributed by atoms with E-state index in [0.29, 0.717) is 12.3 Å². The lowest BCUT2D eigenvalue weighted by Crippen LogP contribution is -2.39. The Morgan fingerprint density at radius 1 is 1.53 bits per heavy atom. The maximum Gasteiger partial charge on any atom is 0.169 e. The van der Waals surface area contributed by atoms with E-state index in [9.17, 15) is 9.90 Å². The Bertz CT molecular complexity index is 491. The number of benzene rings is 1. The monoisotopic (exact) mass is 262 g/mol. The minimum absolute atomic E-state index is 0.0875. The lowest BCUT2D eigenvalue weighted by Gasteiger charge is -2.37. The molecule has 104 valence electrons. The maximum absolute atomic E-state index is 12.2. The molecule has 3 nitrogen and oxygen atoms in total. The topological polar surface area (TPSA) is 46.5 Å². The van der Waals surface area contributed by atoms with Gasteiger partial charge in [0.1, 0.15) is 11.4 Å². The number of methoxy groups -OCH3 is 1. The average Bonchev–Trinajstić information content (AvgIpc) is 2.41. The zero-order valence-electron chi connectivity index (χ0n) is 12.1. The Kier molecular flexibility index (Phi) is 3.68. The first-order valence-corrected chi connectivity index (χ1v) is 6.85. The number of ketones is 1. The molecule has 3 heteroatoms. The van der Waals surface area contributed by atoms with Gasteiger partial charge in [-0.25, -0.2) is 0 Å². The van der Waals surface area contributed by atoms with Gasteiger partial charge in [-0.3, -0.25) is 4.79 Å². The number of carbonyl (C=O) groups excluding carboxylic acids is 1. The SMILES string of the molecule is CCC(C)C1CC(=O)C(C)(O)c2ccc(OC)cc21. The van der Waals surface area contributed by atoms with Gasteiger partial charge in [0.2, 0.25) is 0 Å². The molecule has 3 unspecified atom stereocenters. The second kappa shape index (κ2) is 4.97. The number of rotatable bonds is 3. The van der Waals surface area contributed by atoms with E-state index >= 15 is 0 Å².